The van der Waals surface area contributed by atoms with Crippen LogP contribution >= 0.6 is 0 Å². The number of carbonyl (C=O) groups is 1. The van der Waals surface area contributed by atoms with E-state index in [1.165, 1.54) is 23.0 Å². The van der Waals surface area contributed by atoms with Crippen molar-refractivity contribution in [3.63, 3.8) is 0 Å². The lowest BCUT2D eigenvalue weighted by molar-refractivity contribution is -0.137. The summed E-state index contributed by atoms with van der Waals surface area (Å²) in [7, 11) is 0. The first kappa shape index (κ1) is 20.2. The quantitative estimate of drug-likeness (QED) is 0.648. The number of amides is 1. The molecule has 1 fully saturated rings. The molecule has 1 saturated heterocycles. The molecular weight excluding hydrogens is 397 g/mol. The van der Waals surface area contributed by atoms with Crippen LogP contribution in [0.1, 0.15) is 29.8 Å². The Morgan fingerprint density at radius 3 is 2.60 bits per heavy atom. The molecule has 0 radical (unpaired) electrons. The van der Waals surface area contributed by atoms with Crippen LogP contribution in [0.3, 0.4) is 0 Å². The Morgan fingerprint density at radius 1 is 1.17 bits per heavy atom. The van der Waals surface area contributed by atoms with Crippen LogP contribution in [-0.2, 0) is 10.9 Å². The number of hydrogen-bond donors (Lipinski definition) is 0. The van der Waals surface area contributed by atoms with Crippen molar-refractivity contribution in [2.24, 2.45) is 0 Å². The van der Waals surface area contributed by atoms with Crippen LogP contribution in [0.15, 0.2) is 55.0 Å². The number of halogens is 3. The molecule has 0 aliphatic carbocycles. The summed E-state index contributed by atoms with van der Waals surface area (Å²) in [4.78, 5) is 15.1. The molecule has 0 N–H and O–H groups in total. The van der Waals surface area contributed by atoms with E-state index in [9.17, 15) is 18.0 Å². The number of rotatable bonds is 3. The van der Waals surface area contributed by atoms with E-state index in [1.807, 2.05) is 13.8 Å². The molecule has 3 heterocycles. The van der Waals surface area contributed by atoms with Gasteiger partial charge >= 0.3 is 6.18 Å². The number of alkyl halides is 3. The van der Waals surface area contributed by atoms with Gasteiger partial charge in [-0.2, -0.15) is 18.3 Å². The van der Waals surface area contributed by atoms with Crippen molar-refractivity contribution in [1.29, 1.82) is 0 Å². The Bertz CT molecular complexity index is 1040. The highest BCUT2D eigenvalue weighted by molar-refractivity contribution is 5.97. The average Bonchev–Trinajstić information content (AvgIpc) is 3.38. The molecule has 0 saturated carbocycles. The van der Waals surface area contributed by atoms with E-state index in [0.29, 0.717) is 24.5 Å². The first-order valence-electron chi connectivity index (χ1n) is 9.57. The maximum Gasteiger partial charge on any atom is 0.416 e. The Hall–Kier alpha value is -3.07. The minimum absolute atomic E-state index is 0.0984. The van der Waals surface area contributed by atoms with Crippen molar-refractivity contribution in [3.8, 4) is 11.5 Å². The first-order valence-corrected chi connectivity index (χ1v) is 9.57. The Morgan fingerprint density at radius 2 is 1.90 bits per heavy atom. The predicted octanol–water partition coefficient (Wildman–Crippen LogP) is 3.93. The fourth-order valence-electron chi connectivity index (χ4n) is 3.56. The van der Waals surface area contributed by atoms with Gasteiger partial charge in [-0.3, -0.25) is 4.79 Å². The van der Waals surface area contributed by atoms with E-state index in [4.69, 9.17) is 4.74 Å². The van der Waals surface area contributed by atoms with E-state index in [-0.39, 0.29) is 23.7 Å². The third-order valence-corrected chi connectivity index (χ3v) is 5.11. The molecule has 2 atom stereocenters. The zero-order chi connectivity index (χ0) is 21.5. The van der Waals surface area contributed by atoms with Gasteiger partial charge in [0.05, 0.1) is 36.2 Å². The van der Waals surface area contributed by atoms with E-state index in [1.54, 1.807) is 34.0 Å². The largest absolute Gasteiger partial charge is 0.416 e. The average molecular weight is 418 g/mol. The maximum absolute atomic E-state index is 13.4. The second-order valence-corrected chi connectivity index (χ2v) is 7.38. The van der Waals surface area contributed by atoms with Crippen molar-refractivity contribution in [2.75, 3.05) is 13.2 Å². The second kappa shape index (κ2) is 7.64. The number of morpholine rings is 1. The van der Waals surface area contributed by atoms with Crippen LogP contribution < -0.4 is 0 Å². The van der Waals surface area contributed by atoms with Crippen molar-refractivity contribution >= 4 is 5.91 Å². The van der Waals surface area contributed by atoms with Crippen LogP contribution in [0.2, 0.25) is 0 Å². The molecule has 2 unspecified atom stereocenters. The van der Waals surface area contributed by atoms with Gasteiger partial charge in [0.15, 0.2) is 5.82 Å². The van der Waals surface area contributed by atoms with Crippen molar-refractivity contribution in [3.05, 3.63) is 66.1 Å². The molecule has 1 aliphatic rings. The predicted molar refractivity (Wildman–Crippen MR) is 104 cm³/mol. The van der Waals surface area contributed by atoms with Crippen molar-refractivity contribution in [1.82, 2.24) is 19.2 Å². The zero-order valence-corrected chi connectivity index (χ0v) is 16.5. The molecule has 30 heavy (non-hydrogen) atoms. The second-order valence-electron chi connectivity index (χ2n) is 7.38. The number of benzene rings is 1. The van der Waals surface area contributed by atoms with Gasteiger partial charge in [-0.15, -0.1) is 0 Å². The fourth-order valence-corrected chi connectivity index (χ4v) is 3.56. The minimum atomic E-state index is -4.48. The molecule has 2 aromatic heterocycles. The summed E-state index contributed by atoms with van der Waals surface area (Å²) in [5, 5.41) is 4.28. The molecular formula is C21H21F3N4O2. The molecule has 4 rings (SSSR count). The van der Waals surface area contributed by atoms with Gasteiger partial charge in [0.25, 0.3) is 5.91 Å². The summed E-state index contributed by atoms with van der Waals surface area (Å²) in [6.07, 6.45) is 0.283. The molecule has 0 spiro atoms. The van der Waals surface area contributed by atoms with E-state index in [2.05, 4.69) is 5.10 Å². The molecule has 158 valence electrons. The third kappa shape index (κ3) is 3.72. The van der Waals surface area contributed by atoms with Crippen LogP contribution in [0.4, 0.5) is 13.2 Å². The number of carbonyl (C=O) groups excluding carboxylic acids is 1. The molecule has 1 amide bonds. The standard InChI is InChI=1S/C21H21F3N4O2/c1-14-13-30-15(2)12-27(14)20(29)18-11-25-28(19(18)26-8-3-4-9-26)17-7-5-6-16(10-17)21(22,23)24/h3-11,14-15H,12-13H2,1-2H3. The smallest absolute Gasteiger partial charge is 0.375 e. The highest BCUT2D eigenvalue weighted by atomic mass is 19.4. The molecule has 9 heteroatoms. The van der Waals surface area contributed by atoms with Gasteiger partial charge in [0, 0.05) is 18.9 Å². The maximum atomic E-state index is 13.4. The normalized spacial score (nSPS) is 19.8. The van der Waals surface area contributed by atoms with E-state index in [0.717, 1.165) is 12.1 Å². The Kier molecular flexibility index (Phi) is 5.15. The van der Waals surface area contributed by atoms with Gasteiger partial charge in [-0.05, 0) is 44.2 Å². The monoisotopic (exact) mass is 418 g/mol. The van der Waals surface area contributed by atoms with Crippen LogP contribution in [0, 0.1) is 0 Å². The number of ether oxygens (including phenoxy) is 1. The van der Waals surface area contributed by atoms with E-state index < -0.39 is 11.7 Å². The minimum Gasteiger partial charge on any atom is -0.375 e. The first-order chi connectivity index (χ1) is 14.3. The highest BCUT2D eigenvalue weighted by Crippen LogP contribution is 2.31. The molecule has 6 nitrogen and oxygen atoms in total. The fraction of sp³-hybridized carbons (Fsp3) is 0.333. The summed E-state index contributed by atoms with van der Waals surface area (Å²) in [6.45, 7) is 4.65. The van der Waals surface area contributed by atoms with Gasteiger partial charge in [0.2, 0.25) is 0 Å². The summed E-state index contributed by atoms with van der Waals surface area (Å²) >= 11 is 0. The van der Waals surface area contributed by atoms with Crippen LogP contribution in [-0.4, -0.2) is 50.5 Å². The summed E-state index contributed by atoms with van der Waals surface area (Å²) in [5.74, 6) is 0.148. The topological polar surface area (TPSA) is 52.3 Å². The summed E-state index contributed by atoms with van der Waals surface area (Å²) in [6, 6.07) is 8.31. The molecule has 0 bridgehead atoms. The Balaban J connectivity index is 1.81. The van der Waals surface area contributed by atoms with Crippen molar-refractivity contribution < 1.29 is 22.7 Å². The molecule has 1 aliphatic heterocycles. The van der Waals surface area contributed by atoms with Crippen LogP contribution in [0.5, 0.6) is 0 Å². The van der Waals surface area contributed by atoms with Crippen LogP contribution in [0.25, 0.3) is 11.5 Å². The SMILES string of the molecule is CC1CN(C(=O)c2cnn(-c3cccc(C(F)(F)F)c3)c2-n2cccc2)C(C)CO1. The van der Waals surface area contributed by atoms with Gasteiger partial charge < -0.3 is 14.2 Å². The Labute approximate surface area is 171 Å². The van der Waals surface area contributed by atoms with Crippen molar-refractivity contribution in [2.45, 2.75) is 32.2 Å². The lowest BCUT2D eigenvalue weighted by Crippen LogP contribution is -2.50. The summed E-state index contributed by atoms with van der Waals surface area (Å²) < 4.78 is 48.3. The van der Waals surface area contributed by atoms with Gasteiger partial charge in [-0.1, -0.05) is 6.07 Å². The number of hydrogen-bond acceptors (Lipinski definition) is 3. The lowest BCUT2D eigenvalue weighted by atomic mass is 10.1. The molecule has 3 aromatic rings. The molecule has 1 aromatic carbocycles. The van der Waals surface area contributed by atoms with Gasteiger partial charge in [-0.25, -0.2) is 4.68 Å². The number of nitrogens with zero attached hydrogens (tertiary/aromatic N) is 4. The highest BCUT2D eigenvalue weighted by Gasteiger charge is 2.33. The summed E-state index contributed by atoms with van der Waals surface area (Å²) in [5.41, 5.74) is -0.252. The number of aromatic nitrogens is 3. The van der Waals surface area contributed by atoms with Gasteiger partial charge in [0.1, 0.15) is 5.56 Å². The lowest BCUT2D eigenvalue weighted by Gasteiger charge is -2.36. The van der Waals surface area contributed by atoms with E-state index >= 15 is 0 Å². The zero-order valence-electron chi connectivity index (χ0n) is 16.5. The third-order valence-electron chi connectivity index (χ3n) is 5.11.